The van der Waals surface area contributed by atoms with Crippen LogP contribution in [0.3, 0.4) is 0 Å². The molecule has 2 aliphatic heterocycles. The number of nitrogens with one attached hydrogen (secondary N) is 3. The van der Waals surface area contributed by atoms with Gasteiger partial charge in [0.25, 0.3) is 0 Å². The number of hydrogen-bond acceptors (Lipinski definition) is 13. The Morgan fingerprint density at radius 3 is 1.34 bits per heavy atom. The number of imidazole rings is 4. The molecule has 18 heteroatoms. The van der Waals surface area contributed by atoms with E-state index in [2.05, 4.69) is 251 Å². The topological polar surface area (TPSA) is 223 Å². The molecule has 18 nitrogen and oxygen atoms in total. The summed E-state index contributed by atoms with van der Waals surface area (Å²) >= 11 is 0. The van der Waals surface area contributed by atoms with Crippen molar-refractivity contribution in [2.45, 2.75) is 270 Å². The number of H-pyrrole nitrogens is 3. The van der Waals surface area contributed by atoms with Crippen molar-refractivity contribution >= 4 is 78.1 Å². The minimum absolute atomic E-state index is 0.442. The van der Waals surface area contributed by atoms with E-state index in [0.717, 1.165) is 86.3 Å². The van der Waals surface area contributed by atoms with E-state index in [1.807, 2.05) is 195 Å². The van der Waals surface area contributed by atoms with E-state index in [1.54, 1.807) is 54.1 Å². The predicted molar refractivity (Wildman–Crippen MR) is 489 cm³/mol. The third-order valence-corrected chi connectivity index (χ3v) is 16.1. The molecule has 3 N–H and O–H groups in total. The van der Waals surface area contributed by atoms with Crippen molar-refractivity contribution in [2.75, 3.05) is 0 Å². The molecule has 2 aliphatic rings. The molecule has 0 radical (unpaired) electrons. The van der Waals surface area contributed by atoms with Gasteiger partial charge in [0.1, 0.15) is 11.6 Å². The van der Waals surface area contributed by atoms with Crippen molar-refractivity contribution in [1.82, 2.24) is 78.8 Å². The molecule has 0 amide bonds. The average molecular weight is 1540 g/mol. The Kier molecular flexibility index (Phi) is 50.4. The highest BCUT2D eigenvalue weighted by Gasteiger charge is 2.18. The summed E-state index contributed by atoms with van der Waals surface area (Å²) in [4.78, 5) is 61.3. The molecule has 0 atom stereocenters. The molecule has 0 saturated heterocycles. The Bertz CT molecular complexity index is 4160. The van der Waals surface area contributed by atoms with Gasteiger partial charge in [0.2, 0.25) is 0 Å². The lowest BCUT2D eigenvalue weighted by atomic mass is 10.0. The van der Waals surface area contributed by atoms with Crippen LogP contribution in [-0.2, 0) is 12.8 Å². The second-order valence-corrected chi connectivity index (χ2v) is 26.6. The Morgan fingerprint density at radius 1 is 0.336 bits per heavy atom. The fourth-order valence-electron chi connectivity index (χ4n) is 10.1. The van der Waals surface area contributed by atoms with Gasteiger partial charge in [-0.3, -0.25) is 29.9 Å². The summed E-state index contributed by atoms with van der Waals surface area (Å²) in [7, 11) is 0. The zero-order valence-electron chi connectivity index (χ0n) is 75.1. The number of aliphatic imine (C=N–C) groups is 2. The highest BCUT2D eigenvalue weighted by Crippen LogP contribution is 2.29. The molecule has 2 aromatic carbocycles. The maximum atomic E-state index is 4.57. The number of rotatable bonds is 8. The third-order valence-electron chi connectivity index (χ3n) is 16.1. The van der Waals surface area contributed by atoms with Crippen molar-refractivity contribution in [3.63, 3.8) is 0 Å². The van der Waals surface area contributed by atoms with E-state index < -0.39 is 0 Å². The van der Waals surface area contributed by atoms with Crippen LogP contribution in [0.2, 0.25) is 0 Å². The first kappa shape index (κ1) is 101. The van der Waals surface area contributed by atoms with Crippen LogP contribution in [0.25, 0.3) is 55.2 Å². The summed E-state index contributed by atoms with van der Waals surface area (Å²) in [5, 5.41) is 6.66. The summed E-state index contributed by atoms with van der Waals surface area (Å²) < 4.78 is 3.79. The number of aromatic amines is 3. The molecule has 0 unspecified atom stereocenters. The number of para-hydroxylation sites is 2. The van der Waals surface area contributed by atoms with Crippen LogP contribution >= 0.6 is 0 Å². The fourth-order valence-corrected chi connectivity index (χ4v) is 10.1. The van der Waals surface area contributed by atoms with Gasteiger partial charge in [0.15, 0.2) is 17.1 Å². The quantitative estimate of drug-likeness (QED) is 0.130. The second-order valence-electron chi connectivity index (χ2n) is 26.6. The largest absolute Gasteiger partial charge is 0.358 e. The van der Waals surface area contributed by atoms with Crippen LogP contribution in [0.4, 0.5) is 11.5 Å². The summed E-state index contributed by atoms with van der Waals surface area (Å²) in [6, 6.07) is 36.9. The molecule has 14 aromatic rings. The van der Waals surface area contributed by atoms with Gasteiger partial charge < -0.3 is 19.4 Å². The first-order chi connectivity index (χ1) is 54.7. The average Bonchev–Trinajstić information content (AvgIpc) is 1.75. The molecular weight excluding hydrogens is 1390 g/mol. The molecule has 12 aromatic heterocycles. The van der Waals surface area contributed by atoms with Gasteiger partial charge in [-0.1, -0.05) is 270 Å². The first-order valence-corrected chi connectivity index (χ1v) is 41.8. The van der Waals surface area contributed by atoms with Gasteiger partial charge in [0, 0.05) is 114 Å². The van der Waals surface area contributed by atoms with E-state index in [-0.39, 0.29) is 0 Å². The SMILES string of the molecule is CC.CC.CC.CC.CC.CC.CC.CC.CC(C)C1=Nc2cnccc2C1.CC(C)C1=Nc2ncccc2C1.CC(C)c1cc2ccccc2[nH]1.CC(C)c1ccc2ccccc2n1.CC(C)c1cn2ccncc2n1.CC(C)c1cn2ncccc2n1.CC(C)c1nc2ccncc2[nH]1.CC(C)c1nc2ccncc2[nH]1. The monoisotopic (exact) mass is 1540 g/mol. The molecule has 0 aliphatic carbocycles. The maximum absolute atomic E-state index is 4.57. The summed E-state index contributed by atoms with van der Waals surface area (Å²) in [6.45, 7) is 66.4. The Morgan fingerprint density at radius 2 is 0.832 bits per heavy atom. The number of fused-ring (bicyclic) bond motifs is 8. The molecule has 16 rings (SSSR count). The smallest absolute Gasteiger partial charge is 0.155 e. The molecule has 113 heavy (non-hydrogen) atoms. The number of hydrogen-bond donors (Lipinski definition) is 3. The molecule has 14 heterocycles. The van der Waals surface area contributed by atoms with Crippen molar-refractivity contribution in [3.05, 3.63) is 235 Å². The van der Waals surface area contributed by atoms with Crippen molar-refractivity contribution in [1.29, 1.82) is 0 Å². The van der Waals surface area contributed by atoms with Crippen LogP contribution in [0.15, 0.2) is 200 Å². The highest BCUT2D eigenvalue weighted by molar-refractivity contribution is 5.95. The normalized spacial score (nSPS) is 10.8. The number of aromatic nitrogens is 16. The molecule has 612 valence electrons. The number of nitrogens with zero attached hydrogens (tertiary/aromatic N) is 15. The van der Waals surface area contributed by atoms with Gasteiger partial charge in [0.05, 0.1) is 75.6 Å². The van der Waals surface area contributed by atoms with Gasteiger partial charge in [-0.25, -0.2) is 34.4 Å². The molecule has 0 spiro atoms. The zero-order valence-corrected chi connectivity index (χ0v) is 75.1. The van der Waals surface area contributed by atoms with Crippen molar-refractivity contribution in [3.8, 4) is 0 Å². The minimum Gasteiger partial charge on any atom is -0.358 e. The lowest BCUT2D eigenvalue weighted by Crippen LogP contribution is -2.06. The van der Waals surface area contributed by atoms with Gasteiger partial charge in [-0.15, -0.1) is 0 Å². The molecule has 0 fully saturated rings. The van der Waals surface area contributed by atoms with E-state index in [0.29, 0.717) is 47.3 Å². The highest BCUT2D eigenvalue weighted by atomic mass is 15.2. The van der Waals surface area contributed by atoms with Crippen molar-refractivity contribution in [2.24, 2.45) is 21.8 Å². The van der Waals surface area contributed by atoms with Crippen LogP contribution in [0, 0.1) is 11.8 Å². The van der Waals surface area contributed by atoms with E-state index >= 15 is 0 Å². The Labute approximate surface area is 680 Å². The van der Waals surface area contributed by atoms with E-state index in [4.69, 9.17) is 0 Å². The minimum atomic E-state index is 0.442. The first-order valence-electron chi connectivity index (χ1n) is 41.8. The van der Waals surface area contributed by atoms with Crippen LogP contribution in [0.5, 0.6) is 0 Å². The molecular formula is C95H142N18. The molecule has 0 saturated carbocycles. The summed E-state index contributed by atoms with van der Waals surface area (Å²) in [6.07, 6.45) is 25.8. The van der Waals surface area contributed by atoms with Crippen LogP contribution in [-0.4, -0.2) is 90.2 Å². The van der Waals surface area contributed by atoms with Gasteiger partial charge in [-0.2, -0.15) is 5.10 Å². The predicted octanol–water partition coefficient (Wildman–Crippen LogP) is 27.5. The van der Waals surface area contributed by atoms with Crippen molar-refractivity contribution < 1.29 is 0 Å². The zero-order chi connectivity index (χ0) is 85.1. The van der Waals surface area contributed by atoms with Gasteiger partial charge in [-0.05, 0) is 107 Å². The summed E-state index contributed by atoms with van der Waals surface area (Å²) in [5.41, 5.74) is 19.0. The maximum Gasteiger partial charge on any atom is 0.155 e. The Balaban J connectivity index is 0.000000629. The van der Waals surface area contributed by atoms with E-state index in [9.17, 15) is 0 Å². The van der Waals surface area contributed by atoms with Crippen LogP contribution < -0.4 is 0 Å². The molecule has 0 bridgehead atoms. The van der Waals surface area contributed by atoms with E-state index in [1.165, 1.54) is 50.2 Å². The lowest BCUT2D eigenvalue weighted by molar-refractivity contribution is 0.799. The lowest BCUT2D eigenvalue weighted by Gasteiger charge is -2.04. The number of benzene rings is 2. The summed E-state index contributed by atoms with van der Waals surface area (Å²) in [5.74, 6) is 6.97. The second kappa shape index (κ2) is 56.7. The third kappa shape index (κ3) is 33.0. The Hall–Kier alpha value is -10.5. The number of pyridine rings is 5. The standard InChI is InChI=1S/C12H13N.C11H13N.2C10H12N2.4C9H11N3.8C2H6/c1-9(2)11-8-7-10-5-3-4-6-12(10)13-11;1-8(2)11-7-9-5-3-4-6-10(9)12-11;1-7(2)9-5-8-3-4-11-6-10(8)12-9;1-7(2)9-6-8-4-3-5-11-10(8)12-9;1-7(2)8-6-12-4-3-10-5-9(12)11-8;2*1-6(2)9-11-7-3-4-10-5-8(7)12-9;1-7(2)8-6-12-9(11-8)4-3-5-10-12;8*1-2/h3-9H,1-2H3;3-8,12H,1-2H3;3-4,6-7H,5H2,1-2H3;3-5,7H,6H2,1-2H3;3-7H,1-2H3;2*3-6H,1-2H3,(H,11,12);3-7H,1-2H3;8*1-2H3. The fraction of sp³-hybridized carbons (Fsp3) is 0.442. The van der Waals surface area contributed by atoms with Crippen LogP contribution in [0.1, 0.15) is 303 Å². The van der Waals surface area contributed by atoms with Gasteiger partial charge >= 0.3 is 0 Å².